The van der Waals surface area contributed by atoms with Gasteiger partial charge in [-0.15, -0.1) is 0 Å². The third-order valence-corrected chi connectivity index (χ3v) is 5.23. The van der Waals surface area contributed by atoms with Crippen LogP contribution in [0.25, 0.3) is 10.8 Å². The fourth-order valence-corrected chi connectivity index (χ4v) is 3.86. The molecule has 3 aromatic carbocycles. The van der Waals surface area contributed by atoms with Crippen molar-refractivity contribution in [2.75, 3.05) is 26.2 Å². The Morgan fingerprint density at radius 3 is 2.58 bits per heavy atom. The van der Waals surface area contributed by atoms with Crippen LogP contribution in [0.2, 0.25) is 0 Å². The molecule has 1 aliphatic heterocycles. The number of nitrogens with zero attached hydrogens (tertiary/aromatic N) is 1. The number of hydrogen-bond donors (Lipinski definition) is 0. The summed E-state index contributed by atoms with van der Waals surface area (Å²) in [5.41, 5.74) is 3.14. The quantitative estimate of drug-likeness (QED) is 0.707. The molecule has 1 aliphatic rings. The van der Waals surface area contributed by atoms with Gasteiger partial charge in [0.05, 0.1) is 14.2 Å². The largest absolute Gasteiger partial charge is 0.497 e. The van der Waals surface area contributed by atoms with E-state index in [0.29, 0.717) is 6.42 Å². The van der Waals surface area contributed by atoms with Gasteiger partial charge in [0.2, 0.25) is 5.91 Å². The van der Waals surface area contributed by atoms with E-state index in [4.69, 9.17) is 9.47 Å². The zero-order chi connectivity index (χ0) is 18.3. The normalized spacial score (nSPS) is 16.5. The maximum atomic E-state index is 12.7. The molecule has 26 heavy (non-hydrogen) atoms. The lowest BCUT2D eigenvalue weighted by Gasteiger charge is -2.33. The standard InChI is InChI=1S/C22H21NO3/c1-23-19-11-8-14-6-4-5-7-16(14)22(19)18(13-21(23)24)17-10-9-15(25-2)12-20(17)26-3/h4-12,18H,13H2,1-3H3. The Morgan fingerprint density at radius 2 is 1.81 bits per heavy atom. The smallest absolute Gasteiger partial charge is 0.227 e. The van der Waals surface area contributed by atoms with Gasteiger partial charge in [0.15, 0.2) is 0 Å². The molecule has 4 nitrogen and oxygen atoms in total. The molecule has 0 aromatic heterocycles. The molecule has 4 rings (SSSR count). The van der Waals surface area contributed by atoms with Gasteiger partial charge < -0.3 is 14.4 Å². The van der Waals surface area contributed by atoms with Crippen molar-refractivity contribution in [3.63, 3.8) is 0 Å². The number of amides is 1. The minimum atomic E-state index is -0.0549. The second kappa shape index (κ2) is 6.37. The number of hydrogen-bond acceptors (Lipinski definition) is 3. The second-order valence-electron chi connectivity index (χ2n) is 6.54. The Hall–Kier alpha value is -3.01. The highest BCUT2D eigenvalue weighted by Gasteiger charge is 2.33. The first kappa shape index (κ1) is 16.5. The highest BCUT2D eigenvalue weighted by Crippen LogP contribution is 2.46. The van der Waals surface area contributed by atoms with Crippen LogP contribution in [0.5, 0.6) is 11.5 Å². The maximum absolute atomic E-state index is 12.7. The van der Waals surface area contributed by atoms with Gasteiger partial charge in [0, 0.05) is 36.7 Å². The van der Waals surface area contributed by atoms with Gasteiger partial charge in [-0.2, -0.15) is 0 Å². The maximum Gasteiger partial charge on any atom is 0.227 e. The molecule has 0 spiro atoms. The molecule has 0 aliphatic carbocycles. The molecule has 1 amide bonds. The van der Waals surface area contributed by atoms with E-state index in [-0.39, 0.29) is 11.8 Å². The van der Waals surface area contributed by atoms with Crippen molar-refractivity contribution >= 4 is 22.4 Å². The van der Waals surface area contributed by atoms with Crippen molar-refractivity contribution in [3.8, 4) is 11.5 Å². The Morgan fingerprint density at radius 1 is 1.00 bits per heavy atom. The molecular formula is C22H21NO3. The van der Waals surface area contributed by atoms with E-state index in [0.717, 1.165) is 22.7 Å². The first-order valence-electron chi connectivity index (χ1n) is 8.64. The Kier molecular flexibility index (Phi) is 4.03. The summed E-state index contributed by atoms with van der Waals surface area (Å²) >= 11 is 0. The average molecular weight is 347 g/mol. The minimum Gasteiger partial charge on any atom is -0.497 e. The molecule has 1 atom stereocenters. The molecule has 0 saturated carbocycles. The topological polar surface area (TPSA) is 38.8 Å². The second-order valence-corrected chi connectivity index (χ2v) is 6.54. The zero-order valence-corrected chi connectivity index (χ0v) is 15.2. The van der Waals surface area contributed by atoms with Crippen LogP contribution in [0.1, 0.15) is 23.5 Å². The summed E-state index contributed by atoms with van der Waals surface area (Å²) in [7, 11) is 5.13. The van der Waals surface area contributed by atoms with Crippen molar-refractivity contribution in [2.45, 2.75) is 12.3 Å². The monoisotopic (exact) mass is 347 g/mol. The van der Waals surface area contributed by atoms with E-state index >= 15 is 0 Å². The number of carbonyl (C=O) groups is 1. The molecule has 0 N–H and O–H groups in total. The molecule has 132 valence electrons. The predicted octanol–water partition coefficient (Wildman–Crippen LogP) is 4.36. The van der Waals surface area contributed by atoms with E-state index in [1.165, 1.54) is 16.3 Å². The number of methoxy groups -OCH3 is 2. The highest BCUT2D eigenvalue weighted by atomic mass is 16.5. The van der Waals surface area contributed by atoms with Crippen LogP contribution in [0.4, 0.5) is 5.69 Å². The summed E-state index contributed by atoms with van der Waals surface area (Å²) in [4.78, 5) is 14.4. The molecule has 4 heteroatoms. The number of anilines is 1. The number of benzene rings is 3. The van der Waals surface area contributed by atoms with Gasteiger partial charge in [-0.25, -0.2) is 0 Å². The lowest BCUT2D eigenvalue weighted by molar-refractivity contribution is -0.118. The molecular weight excluding hydrogens is 326 g/mol. The van der Waals surface area contributed by atoms with Crippen molar-refractivity contribution in [1.29, 1.82) is 0 Å². The third kappa shape index (κ3) is 2.49. The number of ether oxygens (including phenoxy) is 2. The zero-order valence-electron chi connectivity index (χ0n) is 15.2. The molecule has 0 radical (unpaired) electrons. The lowest BCUT2D eigenvalue weighted by atomic mass is 9.81. The van der Waals surface area contributed by atoms with Crippen LogP contribution in [0.15, 0.2) is 54.6 Å². The average Bonchev–Trinajstić information content (AvgIpc) is 2.69. The first-order valence-corrected chi connectivity index (χ1v) is 8.64. The van der Waals surface area contributed by atoms with E-state index in [1.54, 1.807) is 19.1 Å². The van der Waals surface area contributed by atoms with Gasteiger partial charge in [-0.05, 0) is 28.5 Å². The molecule has 1 unspecified atom stereocenters. The molecule has 0 fully saturated rings. The summed E-state index contributed by atoms with van der Waals surface area (Å²) in [6.45, 7) is 0. The minimum absolute atomic E-state index is 0.0549. The Bertz CT molecular complexity index is 996. The number of carbonyl (C=O) groups excluding carboxylic acids is 1. The molecule has 1 heterocycles. The highest BCUT2D eigenvalue weighted by molar-refractivity contribution is 6.03. The predicted molar refractivity (Wildman–Crippen MR) is 103 cm³/mol. The Balaban J connectivity index is 1.98. The molecule has 0 saturated heterocycles. The number of fused-ring (bicyclic) bond motifs is 3. The van der Waals surface area contributed by atoms with Crippen molar-refractivity contribution < 1.29 is 14.3 Å². The fourth-order valence-electron chi connectivity index (χ4n) is 3.86. The van der Waals surface area contributed by atoms with Crippen LogP contribution >= 0.6 is 0 Å². The van der Waals surface area contributed by atoms with E-state index in [2.05, 4.69) is 18.2 Å². The number of rotatable bonds is 3. The van der Waals surface area contributed by atoms with Gasteiger partial charge in [-0.3, -0.25) is 4.79 Å². The Labute approximate surface area is 153 Å². The third-order valence-electron chi connectivity index (χ3n) is 5.23. The van der Waals surface area contributed by atoms with Gasteiger partial charge in [0.25, 0.3) is 0 Å². The van der Waals surface area contributed by atoms with Crippen molar-refractivity contribution in [3.05, 3.63) is 65.7 Å². The summed E-state index contributed by atoms with van der Waals surface area (Å²) in [5, 5.41) is 2.35. The van der Waals surface area contributed by atoms with Crippen molar-refractivity contribution in [1.82, 2.24) is 0 Å². The van der Waals surface area contributed by atoms with E-state index in [1.807, 2.05) is 43.4 Å². The van der Waals surface area contributed by atoms with Crippen LogP contribution in [-0.2, 0) is 4.79 Å². The van der Waals surface area contributed by atoms with Crippen LogP contribution in [0, 0.1) is 0 Å². The molecule has 0 bridgehead atoms. The van der Waals surface area contributed by atoms with Crippen LogP contribution < -0.4 is 14.4 Å². The van der Waals surface area contributed by atoms with Gasteiger partial charge in [0.1, 0.15) is 11.5 Å². The van der Waals surface area contributed by atoms with Gasteiger partial charge in [-0.1, -0.05) is 36.4 Å². The van der Waals surface area contributed by atoms with Crippen molar-refractivity contribution in [2.24, 2.45) is 0 Å². The SMILES string of the molecule is COc1ccc(C2CC(=O)N(C)c3ccc4ccccc4c32)c(OC)c1. The van der Waals surface area contributed by atoms with E-state index in [9.17, 15) is 4.79 Å². The first-order chi connectivity index (χ1) is 12.6. The lowest BCUT2D eigenvalue weighted by Crippen LogP contribution is -2.33. The van der Waals surface area contributed by atoms with Crippen LogP contribution in [-0.4, -0.2) is 27.2 Å². The molecule has 3 aromatic rings. The summed E-state index contributed by atoms with van der Waals surface area (Å²) in [6.07, 6.45) is 0.417. The fraction of sp³-hybridized carbons (Fsp3) is 0.227. The van der Waals surface area contributed by atoms with Gasteiger partial charge >= 0.3 is 0 Å². The summed E-state index contributed by atoms with van der Waals surface area (Å²) < 4.78 is 10.9. The summed E-state index contributed by atoms with van der Waals surface area (Å²) in [5.74, 6) is 1.53. The van der Waals surface area contributed by atoms with E-state index < -0.39 is 0 Å². The summed E-state index contributed by atoms with van der Waals surface area (Å²) in [6, 6.07) is 18.2. The van der Waals surface area contributed by atoms with Crippen LogP contribution in [0.3, 0.4) is 0 Å².